The fraction of sp³-hybridized carbons (Fsp3) is 0.353. The smallest absolute Gasteiger partial charge is 0.262 e. The maximum absolute atomic E-state index is 12.7. The summed E-state index contributed by atoms with van der Waals surface area (Å²) >= 11 is 1.16. The molecule has 0 aliphatic carbocycles. The van der Waals surface area contributed by atoms with Gasteiger partial charge in [-0.1, -0.05) is 12.1 Å². The van der Waals surface area contributed by atoms with E-state index >= 15 is 0 Å². The molecule has 3 rings (SSSR count). The number of benzene rings is 1. The number of rotatable bonds is 6. The van der Waals surface area contributed by atoms with Crippen LogP contribution in [0.4, 0.5) is 5.69 Å². The molecule has 1 saturated heterocycles. The maximum Gasteiger partial charge on any atom is 0.262 e. The first-order valence-electron chi connectivity index (χ1n) is 8.19. The normalized spacial score (nSPS) is 15.4. The average molecular weight is 380 g/mol. The van der Waals surface area contributed by atoms with E-state index in [0.717, 1.165) is 29.7 Å². The van der Waals surface area contributed by atoms with Crippen molar-refractivity contribution in [1.29, 1.82) is 0 Å². The summed E-state index contributed by atoms with van der Waals surface area (Å²) in [5, 5.41) is 4.46. The third-order valence-electron chi connectivity index (χ3n) is 4.20. The van der Waals surface area contributed by atoms with Gasteiger partial charge in [-0.05, 0) is 48.4 Å². The molecule has 1 aromatic carbocycles. The summed E-state index contributed by atoms with van der Waals surface area (Å²) < 4.78 is 26.8. The van der Waals surface area contributed by atoms with Crippen molar-refractivity contribution in [1.82, 2.24) is 9.62 Å². The molecule has 0 atom stereocenters. The highest BCUT2D eigenvalue weighted by atomic mass is 32.2. The van der Waals surface area contributed by atoms with Gasteiger partial charge >= 0.3 is 0 Å². The zero-order valence-corrected chi connectivity index (χ0v) is 15.4. The Morgan fingerprint density at radius 3 is 2.52 bits per heavy atom. The number of thiophene rings is 1. The minimum atomic E-state index is -3.58. The lowest BCUT2D eigenvalue weighted by Crippen LogP contribution is -2.31. The van der Waals surface area contributed by atoms with Crippen molar-refractivity contribution in [3.05, 3.63) is 46.2 Å². The first kappa shape index (κ1) is 17.9. The standard InChI is InChI=1S/C17H21N3O3S2/c18-14-5-3-13(4-6-14)7-9-19-17(21)16-15(8-12-24-16)25(22,23)20-10-1-2-11-20/h3-6,8,12H,1-2,7,9-11,18H2,(H,19,21). The highest BCUT2D eigenvalue weighted by Crippen LogP contribution is 2.27. The summed E-state index contributed by atoms with van der Waals surface area (Å²) in [6.07, 6.45) is 2.39. The van der Waals surface area contributed by atoms with Gasteiger partial charge in [0.2, 0.25) is 10.0 Å². The number of carbonyl (C=O) groups is 1. The van der Waals surface area contributed by atoms with Crippen LogP contribution in [0.1, 0.15) is 28.1 Å². The second-order valence-electron chi connectivity index (χ2n) is 5.97. The molecule has 1 aliphatic heterocycles. The van der Waals surface area contributed by atoms with Gasteiger partial charge in [0.1, 0.15) is 9.77 Å². The van der Waals surface area contributed by atoms with E-state index in [2.05, 4.69) is 5.32 Å². The predicted molar refractivity (Wildman–Crippen MR) is 99.2 cm³/mol. The summed E-state index contributed by atoms with van der Waals surface area (Å²) in [4.78, 5) is 12.8. The molecule has 25 heavy (non-hydrogen) atoms. The lowest BCUT2D eigenvalue weighted by atomic mass is 10.1. The van der Waals surface area contributed by atoms with Gasteiger partial charge in [-0.15, -0.1) is 11.3 Å². The number of nitrogens with two attached hydrogens (primary N) is 1. The zero-order chi connectivity index (χ0) is 17.9. The molecule has 1 fully saturated rings. The van der Waals surface area contributed by atoms with Gasteiger partial charge in [-0.3, -0.25) is 4.79 Å². The Bertz CT molecular complexity index is 838. The summed E-state index contributed by atoms with van der Waals surface area (Å²) in [5.74, 6) is -0.344. The third-order valence-corrected chi connectivity index (χ3v) is 7.18. The molecular formula is C17H21N3O3S2. The molecule has 134 valence electrons. The fourth-order valence-electron chi connectivity index (χ4n) is 2.82. The van der Waals surface area contributed by atoms with E-state index in [1.54, 1.807) is 5.38 Å². The molecule has 0 unspecified atom stereocenters. The lowest BCUT2D eigenvalue weighted by Gasteiger charge is -2.15. The van der Waals surface area contributed by atoms with Gasteiger partial charge in [0.05, 0.1) is 0 Å². The van der Waals surface area contributed by atoms with Crippen LogP contribution in [-0.2, 0) is 16.4 Å². The second-order valence-corrected chi connectivity index (χ2v) is 8.80. The Labute approximate surface area is 151 Å². The monoisotopic (exact) mass is 379 g/mol. The molecule has 6 nitrogen and oxygen atoms in total. The number of anilines is 1. The highest BCUT2D eigenvalue weighted by Gasteiger charge is 2.31. The SMILES string of the molecule is Nc1ccc(CCNC(=O)c2sccc2S(=O)(=O)N2CCCC2)cc1. The highest BCUT2D eigenvalue weighted by molar-refractivity contribution is 7.89. The van der Waals surface area contributed by atoms with Crippen LogP contribution >= 0.6 is 11.3 Å². The van der Waals surface area contributed by atoms with E-state index in [9.17, 15) is 13.2 Å². The Kier molecular flexibility index (Phi) is 5.41. The van der Waals surface area contributed by atoms with E-state index in [4.69, 9.17) is 5.73 Å². The summed E-state index contributed by atoms with van der Waals surface area (Å²) in [5.41, 5.74) is 7.41. The Morgan fingerprint density at radius 2 is 1.84 bits per heavy atom. The number of sulfonamides is 1. The zero-order valence-electron chi connectivity index (χ0n) is 13.8. The molecule has 0 bridgehead atoms. The fourth-order valence-corrected chi connectivity index (χ4v) is 5.65. The van der Waals surface area contributed by atoms with Crippen molar-refractivity contribution >= 4 is 33.0 Å². The van der Waals surface area contributed by atoms with Crippen LogP contribution in [0.2, 0.25) is 0 Å². The topological polar surface area (TPSA) is 92.5 Å². The van der Waals surface area contributed by atoms with E-state index in [1.165, 1.54) is 10.4 Å². The maximum atomic E-state index is 12.7. The van der Waals surface area contributed by atoms with Crippen molar-refractivity contribution in [2.45, 2.75) is 24.2 Å². The van der Waals surface area contributed by atoms with Gasteiger partial charge in [0.25, 0.3) is 5.91 Å². The number of carbonyl (C=O) groups excluding carboxylic acids is 1. The second kappa shape index (κ2) is 7.55. The Hall–Kier alpha value is -1.90. The van der Waals surface area contributed by atoms with Crippen molar-refractivity contribution < 1.29 is 13.2 Å². The molecule has 8 heteroatoms. The molecule has 0 spiro atoms. The predicted octanol–water partition coefficient (Wildman–Crippen LogP) is 2.09. The summed E-state index contributed by atoms with van der Waals surface area (Å²) in [6.45, 7) is 1.48. The number of nitrogens with zero attached hydrogens (tertiary/aromatic N) is 1. The van der Waals surface area contributed by atoms with E-state index in [-0.39, 0.29) is 15.7 Å². The van der Waals surface area contributed by atoms with Crippen LogP contribution in [0.5, 0.6) is 0 Å². The minimum Gasteiger partial charge on any atom is -0.399 e. The first-order chi connectivity index (χ1) is 12.0. The van der Waals surface area contributed by atoms with Crippen LogP contribution in [0.3, 0.4) is 0 Å². The van der Waals surface area contributed by atoms with Crippen molar-refractivity contribution in [3.8, 4) is 0 Å². The van der Waals surface area contributed by atoms with Gasteiger partial charge < -0.3 is 11.1 Å². The first-order valence-corrected chi connectivity index (χ1v) is 10.5. The number of nitrogen functional groups attached to an aromatic ring is 1. The largest absolute Gasteiger partial charge is 0.399 e. The molecule has 0 saturated carbocycles. The van der Waals surface area contributed by atoms with Gasteiger partial charge in [-0.2, -0.15) is 4.31 Å². The van der Waals surface area contributed by atoms with E-state index in [0.29, 0.717) is 31.7 Å². The molecular weight excluding hydrogens is 358 g/mol. The van der Waals surface area contributed by atoms with E-state index < -0.39 is 10.0 Å². The molecule has 3 N–H and O–H groups in total. The Balaban J connectivity index is 1.65. The molecule has 2 heterocycles. The number of hydrogen-bond acceptors (Lipinski definition) is 5. The van der Waals surface area contributed by atoms with Gasteiger partial charge in [0.15, 0.2) is 0 Å². The van der Waals surface area contributed by atoms with Crippen LogP contribution in [0, 0.1) is 0 Å². The van der Waals surface area contributed by atoms with Crippen LogP contribution in [0.15, 0.2) is 40.6 Å². The van der Waals surface area contributed by atoms with Crippen molar-refractivity contribution in [2.75, 3.05) is 25.4 Å². The number of amides is 1. The lowest BCUT2D eigenvalue weighted by molar-refractivity contribution is 0.0955. The minimum absolute atomic E-state index is 0.115. The van der Waals surface area contributed by atoms with Crippen LogP contribution < -0.4 is 11.1 Å². The third kappa shape index (κ3) is 4.02. The van der Waals surface area contributed by atoms with Crippen molar-refractivity contribution in [2.24, 2.45) is 0 Å². The summed E-state index contributed by atoms with van der Waals surface area (Å²) in [6, 6.07) is 8.98. The molecule has 1 amide bonds. The van der Waals surface area contributed by atoms with Crippen LogP contribution in [0.25, 0.3) is 0 Å². The quantitative estimate of drug-likeness (QED) is 0.752. The van der Waals surface area contributed by atoms with Crippen molar-refractivity contribution in [3.63, 3.8) is 0 Å². The molecule has 1 aromatic heterocycles. The molecule has 1 aliphatic rings. The Morgan fingerprint density at radius 1 is 1.16 bits per heavy atom. The van der Waals surface area contributed by atoms with Gasteiger partial charge in [-0.25, -0.2) is 8.42 Å². The number of nitrogens with one attached hydrogen (secondary N) is 1. The summed E-state index contributed by atoms with van der Waals surface area (Å²) in [7, 11) is -3.58. The number of hydrogen-bond donors (Lipinski definition) is 2. The average Bonchev–Trinajstić information content (AvgIpc) is 3.28. The van der Waals surface area contributed by atoms with Crippen LogP contribution in [-0.4, -0.2) is 38.3 Å². The van der Waals surface area contributed by atoms with E-state index in [1.807, 2.05) is 24.3 Å². The molecule has 2 aromatic rings. The molecule has 0 radical (unpaired) electrons. The van der Waals surface area contributed by atoms with Gasteiger partial charge in [0, 0.05) is 25.3 Å².